The maximum absolute atomic E-state index is 9.50. The van der Waals surface area contributed by atoms with E-state index in [-0.39, 0.29) is 6.10 Å². The molecule has 1 saturated heterocycles. The topological polar surface area (TPSA) is 23.5 Å². The van der Waals surface area contributed by atoms with Crippen molar-refractivity contribution in [1.29, 1.82) is 0 Å². The summed E-state index contributed by atoms with van der Waals surface area (Å²) in [7, 11) is 0. The summed E-state index contributed by atoms with van der Waals surface area (Å²) in [5.74, 6) is 0. The smallest absolute Gasteiger partial charge is 0.0715 e. The Labute approximate surface area is 78.8 Å². The minimum atomic E-state index is -0.144. The second-order valence-electron chi connectivity index (χ2n) is 3.58. The molecular formula is C11H15NO. The standard InChI is InChI=1S/C11H15NO/c13-11-7-4-8-12(9-11)10-5-2-1-3-6-10/h1-3,5-6,11,13H,4,7-9H2/t11-/m0/s1. The van der Waals surface area contributed by atoms with Gasteiger partial charge in [0, 0.05) is 18.8 Å². The van der Waals surface area contributed by atoms with Crippen LogP contribution in [0.3, 0.4) is 0 Å². The van der Waals surface area contributed by atoms with Crippen molar-refractivity contribution in [2.24, 2.45) is 0 Å². The van der Waals surface area contributed by atoms with Crippen LogP contribution in [0.5, 0.6) is 0 Å². The van der Waals surface area contributed by atoms with Gasteiger partial charge in [0.25, 0.3) is 0 Å². The molecule has 2 nitrogen and oxygen atoms in total. The summed E-state index contributed by atoms with van der Waals surface area (Å²) in [6, 6.07) is 10.3. The van der Waals surface area contributed by atoms with Crippen LogP contribution in [0.2, 0.25) is 0 Å². The number of anilines is 1. The molecule has 2 rings (SSSR count). The lowest BCUT2D eigenvalue weighted by atomic mass is 10.1. The van der Waals surface area contributed by atoms with Gasteiger partial charge in [-0.2, -0.15) is 0 Å². The molecule has 0 aromatic heterocycles. The van der Waals surface area contributed by atoms with Crippen LogP contribution in [-0.4, -0.2) is 24.3 Å². The zero-order valence-corrected chi connectivity index (χ0v) is 7.69. The van der Waals surface area contributed by atoms with E-state index in [1.54, 1.807) is 0 Å². The van der Waals surface area contributed by atoms with Crippen molar-refractivity contribution in [3.8, 4) is 0 Å². The number of nitrogens with zero attached hydrogens (tertiary/aromatic N) is 1. The predicted molar refractivity (Wildman–Crippen MR) is 53.9 cm³/mol. The predicted octanol–water partition coefficient (Wildman–Crippen LogP) is 1.65. The molecule has 0 unspecified atom stereocenters. The van der Waals surface area contributed by atoms with E-state index in [2.05, 4.69) is 17.0 Å². The molecule has 1 aromatic rings. The number of piperidine rings is 1. The third-order valence-corrected chi connectivity index (χ3v) is 2.52. The molecule has 1 aromatic carbocycles. The van der Waals surface area contributed by atoms with Crippen molar-refractivity contribution >= 4 is 5.69 Å². The maximum Gasteiger partial charge on any atom is 0.0715 e. The number of aliphatic hydroxyl groups excluding tert-OH is 1. The van der Waals surface area contributed by atoms with Crippen molar-refractivity contribution in [3.63, 3.8) is 0 Å². The average Bonchev–Trinajstić information content (AvgIpc) is 2.19. The molecule has 0 radical (unpaired) electrons. The summed E-state index contributed by atoms with van der Waals surface area (Å²) in [4.78, 5) is 2.24. The number of para-hydroxylation sites is 1. The summed E-state index contributed by atoms with van der Waals surface area (Å²) in [6.07, 6.45) is 1.90. The molecule has 1 atom stereocenters. The highest BCUT2D eigenvalue weighted by Crippen LogP contribution is 2.18. The minimum absolute atomic E-state index is 0.144. The SMILES string of the molecule is O[C@H]1CCCN(c2ccccc2)C1. The van der Waals surface area contributed by atoms with Crippen LogP contribution in [-0.2, 0) is 0 Å². The number of aliphatic hydroxyl groups is 1. The van der Waals surface area contributed by atoms with Crippen LogP contribution in [0.4, 0.5) is 5.69 Å². The summed E-state index contributed by atoms with van der Waals surface area (Å²) in [5.41, 5.74) is 1.22. The van der Waals surface area contributed by atoms with Gasteiger partial charge in [-0.1, -0.05) is 18.2 Å². The summed E-state index contributed by atoms with van der Waals surface area (Å²) in [5, 5.41) is 9.50. The van der Waals surface area contributed by atoms with Crippen molar-refractivity contribution in [3.05, 3.63) is 30.3 Å². The number of rotatable bonds is 1. The highest BCUT2D eigenvalue weighted by molar-refractivity contribution is 5.46. The molecule has 1 aliphatic rings. The van der Waals surface area contributed by atoms with E-state index in [0.29, 0.717) is 0 Å². The van der Waals surface area contributed by atoms with Gasteiger partial charge in [-0.15, -0.1) is 0 Å². The largest absolute Gasteiger partial charge is 0.391 e. The Morgan fingerprint density at radius 1 is 1.23 bits per heavy atom. The quantitative estimate of drug-likeness (QED) is 0.705. The van der Waals surface area contributed by atoms with Crippen LogP contribution >= 0.6 is 0 Å². The monoisotopic (exact) mass is 177 g/mol. The minimum Gasteiger partial charge on any atom is -0.391 e. The average molecular weight is 177 g/mol. The molecule has 2 heteroatoms. The van der Waals surface area contributed by atoms with Gasteiger partial charge in [0.1, 0.15) is 0 Å². The first kappa shape index (κ1) is 8.57. The molecule has 1 fully saturated rings. The summed E-state index contributed by atoms with van der Waals surface area (Å²) < 4.78 is 0. The van der Waals surface area contributed by atoms with E-state index in [1.807, 2.05) is 18.2 Å². The van der Waals surface area contributed by atoms with Gasteiger partial charge in [0.2, 0.25) is 0 Å². The molecule has 0 amide bonds. The number of hydrogen-bond donors (Lipinski definition) is 1. The Bertz CT molecular complexity index is 260. The first-order valence-electron chi connectivity index (χ1n) is 4.84. The zero-order chi connectivity index (χ0) is 9.10. The van der Waals surface area contributed by atoms with E-state index < -0.39 is 0 Å². The summed E-state index contributed by atoms with van der Waals surface area (Å²) in [6.45, 7) is 1.85. The lowest BCUT2D eigenvalue weighted by Gasteiger charge is -2.31. The first-order chi connectivity index (χ1) is 6.36. The molecule has 1 heterocycles. The van der Waals surface area contributed by atoms with Gasteiger partial charge in [0.05, 0.1) is 6.10 Å². The van der Waals surface area contributed by atoms with Gasteiger partial charge < -0.3 is 10.0 Å². The van der Waals surface area contributed by atoms with Gasteiger partial charge in [-0.05, 0) is 25.0 Å². The third kappa shape index (κ3) is 2.01. The molecule has 70 valence electrons. The Hall–Kier alpha value is -1.02. The molecule has 0 spiro atoms. The Morgan fingerprint density at radius 2 is 2.00 bits per heavy atom. The fraction of sp³-hybridized carbons (Fsp3) is 0.455. The molecule has 1 N–H and O–H groups in total. The Balaban J connectivity index is 2.08. The van der Waals surface area contributed by atoms with Crippen LogP contribution in [0.25, 0.3) is 0 Å². The number of β-amino-alcohol motifs (C(OH)–C–C–N with tert-alkyl or cyclic N) is 1. The number of benzene rings is 1. The highest BCUT2D eigenvalue weighted by Gasteiger charge is 2.17. The normalized spacial score (nSPS) is 23.2. The van der Waals surface area contributed by atoms with Crippen LogP contribution < -0.4 is 4.90 Å². The fourth-order valence-corrected chi connectivity index (χ4v) is 1.83. The van der Waals surface area contributed by atoms with Gasteiger partial charge in [0.15, 0.2) is 0 Å². The van der Waals surface area contributed by atoms with Crippen LogP contribution in [0.1, 0.15) is 12.8 Å². The molecule has 0 aliphatic carbocycles. The van der Waals surface area contributed by atoms with E-state index in [1.165, 1.54) is 5.69 Å². The van der Waals surface area contributed by atoms with E-state index in [0.717, 1.165) is 25.9 Å². The second kappa shape index (κ2) is 3.79. The molecular weight excluding hydrogens is 162 g/mol. The molecule has 1 aliphatic heterocycles. The zero-order valence-electron chi connectivity index (χ0n) is 7.69. The molecule has 0 saturated carbocycles. The van der Waals surface area contributed by atoms with Crippen molar-refractivity contribution in [1.82, 2.24) is 0 Å². The Morgan fingerprint density at radius 3 is 2.69 bits per heavy atom. The fourth-order valence-electron chi connectivity index (χ4n) is 1.83. The van der Waals surface area contributed by atoms with Gasteiger partial charge >= 0.3 is 0 Å². The lowest BCUT2D eigenvalue weighted by Crippen LogP contribution is -2.38. The van der Waals surface area contributed by atoms with Crippen molar-refractivity contribution < 1.29 is 5.11 Å². The maximum atomic E-state index is 9.50. The van der Waals surface area contributed by atoms with E-state index >= 15 is 0 Å². The molecule has 13 heavy (non-hydrogen) atoms. The molecule has 0 bridgehead atoms. The second-order valence-corrected chi connectivity index (χ2v) is 3.58. The van der Waals surface area contributed by atoms with Crippen molar-refractivity contribution in [2.45, 2.75) is 18.9 Å². The van der Waals surface area contributed by atoms with Gasteiger partial charge in [-0.25, -0.2) is 0 Å². The highest BCUT2D eigenvalue weighted by atomic mass is 16.3. The van der Waals surface area contributed by atoms with Crippen LogP contribution in [0, 0.1) is 0 Å². The first-order valence-corrected chi connectivity index (χ1v) is 4.84. The number of hydrogen-bond acceptors (Lipinski definition) is 2. The third-order valence-electron chi connectivity index (χ3n) is 2.52. The van der Waals surface area contributed by atoms with Crippen LogP contribution in [0.15, 0.2) is 30.3 Å². The Kier molecular flexibility index (Phi) is 2.50. The van der Waals surface area contributed by atoms with E-state index in [4.69, 9.17) is 0 Å². The lowest BCUT2D eigenvalue weighted by molar-refractivity contribution is 0.154. The summed E-state index contributed by atoms with van der Waals surface area (Å²) >= 11 is 0. The van der Waals surface area contributed by atoms with E-state index in [9.17, 15) is 5.11 Å². The van der Waals surface area contributed by atoms with Gasteiger partial charge in [-0.3, -0.25) is 0 Å². The van der Waals surface area contributed by atoms with Crippen molar-refractivity contribution in [2.75, 3.05) is 18.0 Å².